The van der Waals surface area contributed by atoms with Crippen LogP contribution < -0.4 is 10.6 Å². The second kappa shape index (κ2) is 8.77. The van der Waals surface area contributed by atoms with Crippen LogP contribution >= 0.6 is 11.3 Å². The van der Waals surface area contributed by atoms with Crippen molar-refractivity contribution < 1.29 is 19.1 Å². The van der Waals surface area contributed by atoms with E-state index in [-0.39, 0.29) is 12.5 Å². The van der Waals surface area contributed by atoms with Gasteiger partial charge in [0.15, 0.2) is 6.10 Å². The Kier molecular flexibility index (Phi) is 6.68. The molecule has 0 spiro atoms. The summed E-state index contributed by atoms with van der Waals surface area (Å²) in [4.78, 5) is 40.9. The van der Waals surface area contributed by atoms with Gasteiger partial charge in [0, 0.05) is 5.69 Å². The van der Waals surface area contributed by atoms with Gasteiger partial charge in [0.05, 0.1) is 17.2 Å². The van der Waals surface area contributed by atoms with Crippen molar-refractivity contribution in [3.8, 4) is 0 Å². The zero-order valence-electron chi connectivity index (χ0n) is 16.0. The summed E-state index contributed by atoms with van der Waals surface area (Å²) in [5.41, 5.74) is 3.18. The molecule has 2 aromatic rings. The Hall–Kier alpha value is -2.74. The van der Waals surface area contributed by atoms with E-state index in [4.69, 9.17) is 4.74 Å². The Morgan fingerprint density at radius 1 is 1.15 bits per heavy atom. The molecule has 0 saturated heterocycles. The minimum Gasteiger partial charge on any atom is -0.448 e. The summed E-state index contributed by atoms with van der Waals surface area (Å²) >= 11 is 1.22. The third kappa shape index (κ3) is 5.37. The first kappa shape index (κ1) is 20.6. The normalized spacial score (nSPS) is 11.6. The molecule has 1 heterocycles. The molecule has 0 aliphatic rings. The predicted octanol–water partition coefficient (Wildman–Crippen LogP) is 2.68. The summed E-state index contributed by atoms with van der Waals surface area (Å²) in [6.07, 6.45) is -1.02. The summed E-state index contributed by atoms with van der Waals surface area (Å²) in [5.74, 6) is -1.49. The maximum absolute atomic E-state index is 12.1. The molecule has 1 aromatic heterocycles. The van der Waals surface area contributed by atoms with Gasteiger partial charge in [0.1, 0.15) is 4.88 Å². The number of amides is 2. The number of aromatic nitrogens is 1. The van der Waals surface area contributed by atoms with E-state index < -0.39 is 18.0 Å². The van der Waals surface area contributed by atoms with Crippen molar-refractivity contribution in [2.24, 2.45) is 0 Å². The van der Waals surface area contributed by atoms with Gasteiger partial charge in [-0.1, -0.05) is 18.2 Å². The summed E-state index contributed by atoms with van der Waals surface area (Å²) in [7, 11) is 0. The van der Waals surface area contributed by atoms with Gasteiger partial charge >= 0.3 is 5.97 Å². The standard InChI is InChI=1S/C19H23N3O4S/c1-10-7-6-8-11(2)16(10)22-15(23)9-20-18(24)13(4)26-19(25)17-12(3)21-14(5)27-17/h6-8,13H,9H2,1-5H3,(H,20,24)(H,22,23)/t13-/m1/s1. The van der Waals surface area contributed by atoms with Gasteiger partial charge in [-0.15, -0.1) is 11.3 Å². The number of hydrogen-bond donors (Lipinski definition) is 2. The largest absolute Gasteiger partial charge is 0.448 e. The van der Waals surface area contributed by atoms with Gasteiger partial charge in [0.25, 0.3) is 5.91 Å². The number of para-hydroxylation sites is 1. The smallest absolute Gasteiger partial charge is 0.351 e. The van der Waals surface area contributed by atoms with Crippen LogP contribution in [0.2, 0.25) is 0 Å². The number of nitrogens with one attached hydrogen (secondary N) is 2. The van der Waals surface area contributed by atoms with Gasteiger partial charge in [-0.2, -0.15) is 0 Å². The molecule has 7 nitrogen and oxygen atoms in total. The van der Waals surface area contributed by atoms with Crippen LogP contribution in [0.3, 0.4) is 0 Å². The minimum absolute atomic E-state index is 0.215. The molecule has 0 aliphatic heterocycles. The van der Waals surface area contributed by atoms with E-state index in [2.05, 4.69) is 15.6 Å². The van der Waals surface area contributed by atoms with Crippen molar-refractivity contribution in [1.29, 1.82) is 0 Å². The Bertz CT molecular complexity index is 856. The molecule has 0 aliphatic carbocycles. The maximum atomic E-state index is 12.1. The van der Waals surface area contributed by atoms with Gasteiger partial charge < -0.3 is 15.4 Å². The average Bonchev–Trinajstić information content (AvgIpc) is 2.94. The molecule has 1 atom stereocenters. The van der Waals surface area contributed by atoms with E-state index in [1.165, 1.54) is 18.3 Å². The lowest BCUT2D eigenvalue weighted by Crippen LogP contribution is -2.40. The molecule has 2 N–H and O–H groups in total. The molecule has 2 rings (SSSR count). The van der Waals surface area contributed by atoms with E-state index in [9.17, 15) is 14.4 Å². The van der Waals surface area contributed by atoms with Crippen LogP contribution in [0.1, 0.15) is 38.4 Å². The van der Waals surface area contributed by atoms with Crippen LogP contribution in [0.5, 0.6) is 0 Å². The van der Waals surface area contributed by atoms with E-state index in [0.29, 0.717) is 10.6 Å². The Balaban J connectivity index is 1.86. The zero-order chi connectivity index (χ0) is 20.1. The number of ether oxygens (including phenoxy) is 1. The molecular weight excluding hydrogens is 366 g/mol. The fraction of sp³-hybridized carbons (Fsp3) is 0.368. The number of hydrogen-bond acceptors (Lipinski definition) is 6. The highest BCUT2D eigenvalue weighted by Gasteiger charge is 2.22. The minimum atomic E-state index is -1.02. The van der Waals surface area contributed by atoms with Crippen molar-refractivity contribution in [3.05, 3.63) is 44.9 Å². The first-order valence-electron chi connectivity index (χ1n) is 8.47. The summed E-state index contributed by atoms with van der Waals surface area (Å²) in [6.45, 7) is 8.53. The van der Waals surface area contributed by atoms with Crippen LogP contribution in [0.4, 0.5) is 5.69 Å². The number of esters is 1. The van der Waals surface area contributed by atoms with Crippen LogP contribution in [0, 0.1) is 27.7 Å². The summed E-state index contributed by atoms with van der Waals surface area (Å²) < 4.78 is 5.17. The number of carbonyl (C=O) groups excluding carboxylic acids is 3. The quantitative estimate of drug-likeness (QED) is 0.741. The van der Waals surface area contributed by atoms with E-state index in [0.717, 1.165) is 21.8 Å². The fourth-order valence-electron chi connectivity index (χ4n) is 2.49. The fourth-order valence-corrected chi connectivity index (χ4v) is 3.30. The summed E-state index contributed by atoms with van der Waals surface area (Å²) in [6, 6.07) is 5.70. The lowest BCUT2D eigenvalue weighted by molar-refractivity contribution is -0.130. The molecule has 0 saturated carbocycles. The number of benzene rings is 1. The number of nitrogens with zero attached hydrogens (tertiary/aromatic N) is 1. The van der Waals surface area contributed by atoms with Crippen molar-refractivity contribution in [3.63, 3.8) is 0 Å². The third-order valence-corrected chi connectivity index (χ3v) is 4.96. The molecule has 27 heavy (non-hydrogen) atoms. The average molecular weight is 389 g/mol. The lowest BCUT2D eigenvalue weighted by atomic mass is 10.1. The molecule has 8 heteroatoms. The van der Waals surface area contributed by atoms with E-state index >= 15 is 0 Å². The highest BCUT2D eigenvalue weighted by molar-refractivity contribution is 7.13. The monoisotopic (exact) mass is 389 g/mol. The van der Waals surface area contributed by atoms with Gasteiger partial charge in [-0.3, -0.25) is 9.59 Å². The molecule has 0 fully saturated rings. The Morgan fingerprint density at radius 3 is 2.33 bits per heavy atom. The number of aryl methyl sites for hydroxylation is 4. The zero-order valence-corrected chi connectivity index (χ0v) is 16.8. The van der Waals surface area contributed by atoms with Crippen molar-refractivity contribution in [2.75, 3.05) is 11.9 Å². The molecule has 2 amide bonds. The van der Waals surface area contributed by atoms with E-state index in [1.807, 2.05) is 32.0 Å². The number of carbonyl (C=O) groups is 3. The molecule has 0 unspecified atom stereocenters. The van der Waals surface area contributed by atoms with Crippen LogP contribution in [0.25, 0.3) is 0 Å². The predicted molar refractivity (Wildman–Crippen MR) is 104 cm³/mol. The maximum Gasteiger partial charge on any atom is 0.351 e. The highest BCUT2D eigenvalue weighted by atomic mass is 32.1. The van der Waals surface area contributed by atoms with E-state index in [1.54, 1.807) is 13.8 Å². The SMILES string of the molecule is Cc1nc(C)c(C(=O)O[C@H](C)C(=O)NCC(=O)Nc2c(C)cccc2C)s1. The first-order valence-corrected chi connectivity index (χ1v) is 9.29. The molecule has 144 valence electrons. The van der Waals surface area contributed by atoms with Gasteiger partial charge in [0.2, 0.25) is 5.91 Å². The van der Waals surface area contributed by atoms with Crippen LogP contribution in [0.15, 0.2) is 18.2 Å². The Morgan fingerprint density at radius 2 is 1.78 bits per heavy atom. The van der Waals surface area contributed by atoms with Gasteiger partial charge in [-0.25, -0.2) is 9.78 Å². The first-order chi connectivity index (χ1) is 12.7. The van der Waals surface area contributed by atoms with Crippen molar-refractivity contribution in [2.45, 2.75) is 40.7 Å². The Labute approximate surface area is 162 Å². The van der Waals surface area contributed by atoms with Gasteiger partial charge in [-0.05, 0) is 45.7 Å². The van der Waals surface area contributed by atoms with Crippen molar-refractivity contribution in [1.82, 2.24) is 10.3 Å². The molecule has 0 bridgehead atoms. The van der Waals surface area contributed by atoms with Crippen LogP contribution in [-0.4, -0.2) is 35.4 Å². The number of rotatable bonds is 6. The topological polar surface area (TPSA) is 97.4 Å². The second-order valence-electron chi connectivity index (χ2n) is 6.23. The lowest BCUT2D eigenvalue weighted by Gasteiger charge is -2.14. The highest BCUT2D eigenvalue weighted by Crippen LogP contribution is 2.20. The van der Waals surface area contributed by atoms with Crippen LogP contribution in [-0.2, 0) is 14.3 Å². The second-order valence-corrected chi connectivity index (χ2v) is 7.43. The molecule has 0 radical (unpaired) electrons. The number of thiazole rings is 1. The molecule has 1 aromatic carbocycles. The number of anilines is 1. The third-order valence-electron chi connectivity index (χ3n) is 3.91. The van der Waals surface area contributed by atoms with Crippen molar-refractivity contribution >= 4 is 34.8 Å². The molecular formula is C19H23N3O4S. The summed E-state index contributed by atoms with van der Waals surface area (Å²) in [5, 5.41) is 6.01.